The van der Waals surface area contributed by atoms with Crippen LogP contribution >= 0.6 is 0 Å². The maximum Gasteiger partial charge on any atom is 0.147 e. The minimum Gasteiger partial charge on any atom is -0.314 e. The molecule has 1 N–H and O–H groups in total. The zero-order valence-corrected chi connectivity index (χ0v) is 10.9. The van der Waals surface area contributed by atoms with Gasteiger partial charge in [-0.25, -0.2) is 8.42 Å². The van der Waals surface area contributed by atoms with Crippen LogP contribution in [0.3, 0.4) is 0 Å². The van der Waals surface area contributed by atoms with Crippen molar-refractivity contribution in [3.63, 3.8) is 0 Å². The van der Waals surface area contributed by atoms with E-state index >= 15 is 0 Å². The molecule has 0 aromatic carbocycles. The topological polar surface area (TPSA) is 46.2 Å². The van der Waals surface area contributed by atoms with Gasteiger partial charge in [-0.1, -0.05) is 6.08 Å². The van der Waals surface area contributed by atoms with Crippen molar-refractivity contribution < 1.29 is 8.42 Å². The predicted octanol–water partition coefficient (Wildman–Crippen LogP) is 1.76. The third kappa shape index (κ3) is 6.28. The number of nitrogens with one attached hydrogen (secondary N) is 1. The highest BCUT2D eigenvalue weighted by atomic mass is 32.2. The van der Waals surface area contributed by atoms with Gasteiger partial charge in [0.2, 0.25) is 0 Å². The lowest BCUT2D eigenvalue weighted by atomic mass is 10.1. The highest BCUT2D eigenvalue weighted by molar-refractivity contribution is 7.90. The molecular formula is C12H23NO2S. The molecule has 0 amide bonds. The lowest BCUT2D eigenvalue weighted by Crippen LogP contribution is -2.32. The van der Waals surface area contributed by atoms with Gasteiger partial charge in [-0.05, 0) is 44.6 Å². The van der Waals surface area contributed by atoms with Crippen LogP contribution in [0.4, 0.5) is 0 Å². The second kappa shape index (κ2) is 6.40. The summed E-state index contributed by atoms with van der Waals surface area (Å²) in [5.74, 6) is 1.11. The number of hydrogen-bond acceptors (Lipinski definition) is 3. The van der Waals surface area contributed by atoms with Gasteiger partial charge in [0.05, 0.1) is 5.75 Å². The van der Waals surface area contributed by atoms with Crippen LogP contribution in [0.15, 0.2) is 12.7 Å². The van der Waals surface area contributed by atoms with Gasteiger partial charge in [-0.3, -0.25) is 0 Å². The second-order valence-electron chi connectivity index (χ2n) is 4.75. The summed E-state index contributed by atoms with van der Waals surface area (Å²) < 4.78 is 21.9. The summed E-state index contributed by atoms with van der Waals surface area (Å²) in [4.78, 5) is 0. The van der Waals surface area contributed by atoms with E-state index in [1.807, 2.05) is 6.08 Å². The molecule has 1 fully saturated rings. The molecule has 16 heavy (non-hydrogen) atoms. The molecule has 0 aromatic rings. The molecule has 1 unspecified atom stereocenters. The van der Waals surface area contributed by atoms with Gasteiger partial charge in [-0.15, -0.1) is 6.58 Å². The summed E-state index contributed by atoms with van der Waals surface area (Å²) in [6, 6.07) is 0.567. The van der Waals surface area contributed by atoms with Crippen LogP contribution in [0.2, 0.25) is 0 Å². The second-order valence-corrected chi connectivity index (χ2v) is 7.01. The van der Waals surface area contributed by atoms with Gasteiger partial charge >= 0.3 is 0 Å². The summed E-state index contributed by atoms with van der Waals surface area (Å²) in [5.41, 5.74) is 0. The van der Waals surface area contributed by atoms with E-state index in [1.165, 1.54) is 19.1 Å². The van der Waals surface area contributed by atoms with E-state index in [0.717, 1.165) is 31.7 Å². The number of rotatable bonds is 9. The summed E-state index contributed by atoms with van der Waals surface area (Å²) in [6.45, 7) is 4.54. The van der Waals surface area contributed by atoms with Gasteiger partial charge in [0.25, 0.3) is 0 Å². The lowest BCUT2D eigenvalue weighted by molar-refractivity contribution is 0.438. The van der Waals surface area contributed by atoms with Gasteiger partial charge < -0.3 is 5.32 Å². The van der Waals surface area contributed by atoms with Gasteiger partial charge in [0, 0.05) is 12.3 Å². The molecule has 0 radical (unpaired) electrons. The maximum absolute atomic E-state index is 11.0. The first-order chi connectivity index (χ1) is 7.53. The molecule has 1 atom stereocenters. The third-order valence-corrected chi connectivity index (χ3v) is 4.00. The molecule has 94 valence electrons. The van der Waals surface area contributed by atoms with E-state index in [9.17, 15) is 8.42 Å². The Kier molecular flexibility index (Phi) is 5.49. The average Bonchev–Trinajstić information content (AvgIpc) is 2.98. The Balaban J connectivity index is 2.14. The summed E-state index contributed by atoms with van der Waals surface area (Å²) >= 11 is 0. The van der Waals surface area contributed by atoms with Crippen molar-refractivity contribution in [2.75, 3.05) is 18.6 Å². The molecule has 1 rings (SSSR count). The Hall–Kier alpha value is -0.350. The van der Waals surface area contributed by atoms with Gasteiger partial charge in [0.1, 0.15) is 9.84 Å². The van der Waals surface area contributed by atoms with Gasteiger partial charge in [-0.2, -0.15) is 0 Å². The molecule has 4 heteroatoms. The van der Waals surface area contributed by atoms with E-state index in [-0.39, 0.29) is 0 Å². The fourth-order valence-corrected chi connectivity index (χ4v) is 2.59. The van der Waals surface area contributed by atoms with E-state index in [4.69, 9.17) is 0 Å². The number of sulfone groups is 1. The van der Waals surface area contributed by atoms with Crippen LogP contribution in [0.5, 0.6) is 0 Å². The fourth-order valence-electron chi connectivity index (χ4n) is 1.92. The first kappa shape index (κ1) is 13.7. The number of allylic oxidation sites excluding steroid dienone is 1. The zero-order chi connectivity index (χ0) is 12.0. The minimum absolute atomic E-state index is 0.291. The van der Waals surface area contributed by atoms with E-state index in [0.29, 0.717) is 11.8 Å². The SMILES string of the molecule is C=CCCC(NCCCS(C)(=O)=O)C1CC1. The third-order valence-electron chi connectivity index (χ3n) is 2.97. The Bertz CT molecular complexity index is 307. The monoisotopic (exact) mass is 245 g/mol. The van der Waals surface area contributed by atoms with Gasteiger partial charge in [0.15, 0.2) is 0 Å². The molecule has 0 aromatic heterocycles. The summed E-state index contributed by atoms with van der Waals surface area (Å²) in [5, 5.41) is 3.48. The standard InChI is InChI=1S/C12H23NO2S/c1-3-4-6-12(11-7-8-11)13-9-5-10-16(2,14)15/h3,11-13H,1,4-10H2,2H3. The Labute approximate surface area is 99.2 Å². The summed E-state index contributed by atoms with van der Waals surface area (Å²) in [6.07, 6.45) is 8.78. The van der Waals surface area contributed by atoms with Crippen LogP contribution < -0.4 is 5.32 Å². The lowest BCUT2D eigenvalue weighted by Gasteiger charge is -2.17. The van der Waals surface area contributed by atoms with Crippen molar-refractivity contribution in [1.29, 1.82) is 0 Å². The van der Waals surface area contributed by atoms with Crippen LogP contribution in [0, 0.1) is 5.92 Å². The van der Waals surface area contributed by atoms with Crippen molar-refractivity contribution in [2.24, 2.45) is 5.92 Å². The number of hydrogen-bond donors (Lipinski definition) is 1. The average molecular weight is 245 g/mol. The molecule has 0 bridgehead atoms. The molecule has 0 heterocycles. The van der Waals surface area contributed by atoms with Crippen LogP contribution in [0.25, 0.3) is 0 Å². The molecule has 1 aliphatic carbocycles. The van der Waals surface area contributed by atoms with Crippen molar-refractivity contribution in [3.8, 4) is 0 Å². The molecule has 1 saturated carbocycles. The minimum atomic E-state index is -2.80. The molecule has 0 saturated heterocycles. The predicted molar refractivity (Wildman–Crippen MR) is 68.3 cm³/mol. The Morgan fingerprint density at radius 3 is 2.69 bits per heavy atom. The largest absolute Gasteiger partial charge is 0.314 e. The first-order valence-electron chi connectivity index (χ1n) is 6.05. The highest BCUT2D eigenvalue weighted by Crippen LogP contribution is 2.34. The molecule has 0 spiro atoms. The van der Waals surface area contributed by atoms with E-state index < -0.39 is 9.84 Å². The molecule has 1 aliphatic rings. The van der Waals surface area contributed by atoms with Crippen molar-refractivity contribution in [1.82, 2.24) is 5.32 Å². The van der Waals surface area contributed by atoms with Crippen molar-refractivity contribution in [3.05, 3.63) is 12.7 Å². The van der Waals surface area contributed by atoms with Crippen LogP contribution in [-0.2, 0) is 9.84 Å². The first-order valence-corrected chi connectivity index (χ1v) is 8.11. The van der Waals surface area contributed by atoms with Crippen LogP contribution in [-0.4, -0.2) is 33.0 Å². The zero-order valence-electron chi connectivity index (χ0n) is 10.1. The van der Waals surface area contributed by atoms with Crippen molar-refractivity contribution in [2.45, 2.75) is 38.1 Å². The maximum atomic E-state index is 11.0. The summed E-state index contributed by atoms with van der Waals surface area (Å²) in [7, 11) is -2.80. The normalized spacial score (nSPS) is 18.3. The van der Waals surface area contributed by atoms with Crippen LogP contribution in [0.1, 0.15) is 32.1 Å². The highest BCUT2D eigenvalue weighted by Gasteiger charge is 2.29. The van der Waals surface area contributed by atoms with E-state index in [2.05, 4.69) is 11.9 Å². The quantitative estimate of drug-likeness (QED) is 0.497. The molecule has 3 nitrogen and oxygen atoms in total. The molecular weight excluding hydrogens is 222 g/mol. The van der Waals surface area contributed by atoms with E-state index in [1.54, 1.807) is 0 Å². The van der Waals surface area contributed by atoms with Crippen molar-refractivity contribution >= 4 is 9.84 Å². The Morgan fingerprint density at radius 2 is 2.19 bits per heavy atom. The smallest absolute Gasteiger partial charge is 0.147 e. The fraction of sp³-hybridized carbons (Fsp3) is 0.833. The Morgan fingerprint density at radius 1 is 1.50 bits per heavy atom. The molecule has 0 aliphatic heterocycles.